The normalized spacial score (nSPS) is 25.7. The Hall–Kier alpha value is -6.60. The Kier molecular flexibility index (Phi) is 15.7. The molecule has 0 aliphatic carbocycles. The fraction of sp³-hybridized carbons (Fsp3) is 0.265. The van der Waals surface area contributed by atoms with E-state index in [9.17, 15) is 29.1 Å². The highest BCUT2D eigenvalue weighted by atomic mass is 32.7. The van der Waals surface area contributed by atoms with Gasteiger partial charge in [-0.3, -0.25) is 46.6 Å². The zero-order valence-corrected chi connectivity index (χ0v) is 43.2. The summed E-state index contributed by atoms with van der Waals surface area (Å²) in [6.45, 7) is -9.77. The van der Waals surface area contributed by atoms with Crippen molar-refractivity contribution in [2.45, 2.75) is 60.9 Å². The number of methoxy groups -OCH3 is 1. The molecule has 0 amide bonds. The van der Waals surface area contributed by atoms with Crippen molar-refractivity contribution in [3.63, 3.8) is 0 Å². The molecule has 3 aliphatic rings. The fourth-order valence-electron chi connectivity index (χ4n) is 8.50. The zero-order chi connectivity index (χ0) is 53.1. The Morgan fingerprint density at radius 3 is 2.08 bits per heavy atom. The number of aromatic nitrogens is 6. The third-order valence-corrected chi connectivity index (χ3v) is 19.7. The zero-order valence-electron chi connectivity index (χ0n) is 39.8. The predicted octanol–water partition coefficient (Wildman–Crippen LogP) is 7.03. The van der Waals surface area contributed by atoms with Crippen molar-refractivity contribution >= 4 is 71.4 Å². The van der Waals surface area contributed by atoms with E-state index in [1.807, 2.05) is 0 Å². The molecule has 3 unspecified atom stereocenters. The highest BCUT2D eigenvalue weighted by Crippen LogP contribution is 2.67. The molecule has 0 radical (unpaired) electrons. The van der Waals surface area contributed by atoms with Gasteiger partial charge in [-0.25, -0.2) is 33.7 Å². The van der Waals surface area contributed by atoms with Gasteiger partial charge in [0.2, 0.25) is 0 Å². The van der Waals surface area contributed by atoms with Gasteiger partial charge in [-0.05, 0) is 82.4 Å². The highest BCUT2D eigenvalue weighted by molar-refractivity contribution is 8.55. The second-order valence-corrected chi connectivity index (χ2v) is 25.4. The molecule has 394 valence electrons. The minimum absolute atomic E-state index is 0.0185. The van der Waals surface area contributed by atoms with Crippen molar-refractivity contribution in [3.8, 4) is 11.5 Å². The summed E-state index contributed by atoms with van der Waals surface area (Å²) in [4.78, 5) is 77.4. The number of rotatable bonds is 14. The van der Waals surface area contributed by atoms with Crippen LogP contribution in [0.1, 0.15) is 66.6 Å². The van der Waals surface area contributed by atoms with Crippen LogP contribution in [0.25, 0.3) is 11.2 Å². The topological polar surface area (TPSA) is 304 Å². The number of ketones is 1. The number of carbonyl (C=O) groups is 3. The predicted molar refractivity (Wildman–Crippen MR) is 275 cm³/mol. The van der Waals surface area contributed by atoms with E-state index >= 15 is 9.13 Å². The van der Waals surface area contributed by atoms with Crippen molar-refractivity contribution in [2.75, 3.05) is 26.1 Å². The summed E-state index contributed by atoms with van der Waals surface area (Å²) in [5.74, 6) is -0.555. The number of aldehydes is 1. The largest absolute Gasteiger partial charge is 0.508 e. The number of phenols is 1. The minimum Gasteiger partial charge on any atom is -0.508 e. The van der Waals surface area contributed by atoms with Crippen LogP contribution in [0.15, 0.2) is 132 Å². The number of nitrogens with two attached hydrogens (primary N) is 1. The maximum Gasteiger partial charge on any atom is 0.390 e. The molecule has 27 heteroatoms. The molecule has 3 aliphatic heterocycles. The molecular weight excluding hydrogens is 1070 g/mol. The van der Waals surface area contributed by atoms with Crippen molar-refractivity contribution < 1.29 is 65.7 Å². The number of fused-ring (bicyclic) bond motifs is 4. The van der Waals surface area contributed by atoms with Gasteiger partial charge in [-0.1, -0.05) is 48.5 Å². The summed E-state index contributed by atoms with van der Waals surface area (Å²) in [6.07, 6.45) is -3.70. The number of benzene rings is 4. The molecule has 0 spiro atoms. The first-order valence-corrected chi connectivity index (χ1v) is 29.5. The monoisotopic (exact) mass is 1110 g/mol. The van der Waals surface area contributed by atoms with E-state index in [1.54, 1.807) is 48.5 Å². The molecule has 23 nitrogen and oxygen atoms in total. The molecule has 9 atom stereocenters. The van der Waals surface area contributed by atoms with Crippen LogP contribution in [-0.4, -0.2) is 103 Å². The lowest BCUT2D eigenvalue weighted by atomic mass is 10.0. The molecule has 10 rings (SSSR count). The summed E-state index contributed by atoms with van der Waals surface area (Å²) in [6, 6.07) is 26.0. The van der Waals surface area contributed by atoms with Gasteiger partial charge in [0.15, 0.2) is 23.5 Å². The minimum atomic E-state index is -4.45. The number of nitrogens with one attached hydrogen (secondary N) is 1. The van der Waals surface area contributed by atoms with Crippen LogP contribution in [0.4, 0.5) is 5.82 Å². The molecule has 4 N–H and O–H groups in total. The van der Waals surface area contributed by atoms with Crippen LogP contribution in [-0.2, 0) is 52.9 Å². The van der Waals surface area contributed by atoms with Gasteiger partial charge in [0.05, 0.1) is 25.1 Å². The first kappa shape index (κ1) is 52.8. The number of ether oxygens (including phenoxy) is 4. The average molecular weight is 1110 g/mol. The van der Waals surface area contributed by atoms with Crippen LogP contribution < -0.4 is 21.7 Å². The van der Waals surface area contributed by atoms with Crippen molar-refractivity contribution in [2.24, 2.45) is 0 Å². The van der Waals surface area contributed by atoms with E-state index in [-0.39, 0.29) is 57.8 Å². The Bertz CT molecular complexity index is 3500. The van der Waals surface area contributed by atoms with Crippen LogP contribution in [0.5, 0.6) is 11.5 Å². The van der Waals surface area contributed by atoms with E-state index in [2.05, 4.69) is 19.9 Å². The molecule has 3 aromatic heterocycles. The highest BCUT2D eigenvalue weighted by Gasteiger charge is 2.53. The molecule has 4 aromatic carbocycles. The van der Waals surface area contributed by atoms with Gasteiger partial charge in [0.1, 0.15) is 66.4 Å². The second-order valence-electron chi connectivity index (χ2n) is 17.3. The average Bonchev–Trinajstić information content (AvgIpc) is 4.16. The molecule has 2 bridgehead atoms. The lowest BCUT2D eigenvalue weighted by molar-refractivity contribution is -0.0581. The van der Waals surface area contributed by atoms with Gasteiger partial charge in [-0.15, -0.1) is 0 Å². The lowest BCUT2D eigenvalue weighted by Gasteiger charge is -2.29. The number of hydrogen-bond donors (Lipinski definition) is 3. The van der Waals surface area contributed by atoms with Crippen LogP contribution in [0, 0.1) is 0 Å². The van der Waals surface area contributed by atoms with Crippen molar-refractivity contribution in [3.05, 3.63) is 176 Å². The quantitative estimate of drug-likeness (QED) is 0.0324. The van der Waals surface area contributed by atoms with E-state index < -0.39 is 87.0 Å². The molecule has 76 heavy (non-hydrogen) atoms. The van der Waals surface area contributed by atoms with Gasteiger partial charge in [0, 0.05) is 54.0 Å². The Labute approximate surface area is 438 Å². The van der Waals surface area contributed by atoms with E-state index in [1.165, 1.54) is 79.1 Å². The van der Waals surface area contributed by atoms with Gasteiger partial charge in [-0.2, -0.15) is 0 Å². The lowest BCUT2D eigenvalue weighted by Crippen LogP contribution is -2.37. The number of carbonyl (C=O) groups excluding carboxylic acids is 3. The number of nitrogens with zero attached hydrogens (tertiary/aromatic N) is 5. The number of aromatic hydroxyl groups is 1. The molecular formula is C49H45N7O16P2S2. The van der Waals surface area contributed by atoms with E-state index in [0.29, 0.717) is 34.1 Å². The maximum atomic E-state index is 15.5. The molecule has 0 saturated carbocycles. The second kappa shape index (κ2) is 22.5. The van der Waals surface area contributed by atoms with Crippen LogP contribution in [0.2, 0.25) is 0 Å². The number of esters is 1. The number of H-pyrrole nitrogens is 1. The third kappa shape index (κ3) is 11.7. The van der Waals surface area contributed by atoms with Gasteiger partial charge >= 0.3 is 25.3 Å². The Balaban J connectivity index is 0.956. The first-order chi connectivity index (χ1) is 36.7. The van der Waals surface area contributed by atoms with Crippen LogP contribution >= 0.6 is 36.4 Å². The smallest absolute Gasteiger partial charge is 0.390 e. The summed E-state index contributed by atoms with van der Waals surface area (Å²) in [5, 5.41) is 9.71. The van der Waals surface area contributed by atoms with Crippen molar-refractivity contribution in [1.29, 1.82) is 0 Å². The third-order valence-electron chi connectivity index (χ3n) is 12.4. The Morgan fingerprint density at radius 2 is 1.42 bits per heavy atom. The van der Waals surface area contributed by atoms with Crippen molar-refractivity contribution in [1.82, 2.24) is 29.1 Å². The number of aromatic amines is 1. The summed E-state index contributed by atoms with van der Waals surface area (Å²) in [5.41, 5.74) is 7.82. The fourth-order valence-corrected chi connectivity index (χ4v) is 15.3. The molecule has 6 heterocycles. The summed E-state index contributed by atoms with van der Waals surface area (Å²) >= 11 is 1.64. The molecule has 3 fully saturated rings. The number of phenolic OH excluding ortho intramolecular Hbond substituents is 1. The molecule has 7 aromatic rings. The number of nitrogen functional groups attached to an aromatic ring is 1. The van der Waals surface area contributed by atoms with Crippen LogP contribution in [0.3, 0.4) is 0 Å². The van der Waals surface area contributed by atoms with Gasteiger partial charge in [0.25, 0.3) is 5.56 Å². The van der Waals surface area contributed by atoms with Gasteiger partial charge < -0.3 is 29.8 Å². The summed E-state index contributed by atoms with van der Waals surface area (Å²) in [7, 11) is 1.39. The number of hydrogen-bond acceptors (Lipinski definition) is 22. The van der Waals surface area contributed by atoms with E-state index in [0.717, 1.165) is 33.4 Å². The number of anilines is 1. The summed E-state index contributed by atoms with van der Waals surface area (Å²) < 4.78 is 83.7. The Morgan fingerprint density at radius 1 is 0.789 bits per heavy atom. The maximum absolute atomic E-state index is 15.5. The van der Waals surface area contributed by atoms with E-state index in [4.69, 9.17) is 42.8 Å². The SMILES string of the molecule is CO[C@H]1[C@H]2OP(=O)(SCc3ccc(C(=O)c4ccc(O)cc4)cc3)OC[C@H]3O[C@@H](n4ccc(=O)[nH]c4=O)CC3OP(=O)(SCc3ccc(OC(=O)c4ccc(C=O)cc4)cc3)OC[C@H]1O[C@H]2n1cnc2c(N)ncnc21. The number of imidazole rings is 1. The first-order valence-electron chi connectivity index (χ1n) is 23.2. The molecule has 3 saturated heterocycles. The standard InChI is InChI=1S/C49H45N7O16P2S2/c1-65-43-38-23-67-73(63,75-25-30-6-16-35(17-7-30)68-48(61)33-10-2-28(21-57)3-11-33)71-36-20-40(55-19-18-39(59)54-49(55)62)69-37(36)22-66-74(64,72-44(43)47(70-38)56-27-53-41-45(50)51-26-52-46(41)56)76-24-29-4-8-31(9-5-29)42(60)32-12-14-34(58)15-13-32/h2-19,21,26-27,36-38,40,43-44,47,58H,20,22-25H2,1H3,(H2,50,51,52)(H,54,59,62)/t36?,37-,38-,40-,43-,44-,47-,73?,74?/m1/s1.